The normalized spacial score (nSPS) is 21.1. The molecule has 4 heteroatoms. The minimum atomic E-state index is 0.244. The van der Waals surface area contributed by atoms with E-state index < -0.39 is 0 Å². The smallest absolute Gasteiger partial charge is 0.122 e. The maximum atomic E-state index is 5.85. The van der Waals surface area contributed by atoms with Gasteiger partial charge in [-0.3, -0.25) is 4.90 Å². The third-order valence-corrected chi connectivity index (χ3v) is 3.39. The molecule has 0 spiro atoms. The molecule has 1 aliphatic heterocycles. The molecule has 1 aromatic heterocycles. The van der Waals surface area contributed by atoms with Crippen molar-refractivity contribution in [2.45, 2.75) is 13.0 Å². The lowest BCUT2D eigenvalue weighted by molar-refractivity contribution is 0.0926. The van der Waals surface area contributed by atoms with Crippen LogP contribution >= 0.6 is 0 Å². The van der Waals surface area contributed by atoms with E-state index in [1.807, 2.05) is 12.1 Å². The number of likely N-dealkylation sites (N-methyl/N-ethyl adjacent to an activating group) is 1. The topological polar surface area (TPSA) is 45.6 Å². The van der Waals surface area contributed by atoms with Gasteiger partial charge >= 0.3 is 0 Å². The highest BCUT2D eigenvalue weighted by molar-refractivity contribution is 5.05. The van der Waals surface area contributed by atoms with Gasteiger partial charge in [-0.25, -0.2) is 0 Å². The van der Waals surface area contributed by atoms with Crippen LogP contribution in [0.25, 0.3) is 0 Å². The first-order valence-corrected chi connectivity index (χ1v) is 6.05. The molecule has 1 fully saturated rings. The predicted octanol–water partition coefficient (Wildman–Crippen LogP) is 0.917. The Hall–Kier alpha value is -0.840. The van der Waals surface area contributed by atoms with E-state index in [1.165, 1.54) is 0 Å². The van der Waals surface area contributed by atoms with Crippen LogP contribution in [0.4, 0.5) is 0 Å². The molecule has 2 rings (SSSR count). The van der Waals surface area contributed by atoms with Crippen molar-refractivity contribution in [3.63, 3.8) is 0 Å². The van der Waals surface area contributed by atoms with Gasteiger partial charge in [0.25, 0.3) is 0 Å². The number of rotatable bonds is 4. The number of nitrogens with zero attached hydrogens (tertiary/aromatic N) is 2. The van der Waals surface area contributed by atoms with Crippen molar-refractivity contribution in [3.8, 4) is 0 Å². The van der Waals surface area contributed by atoms with Gasteiger partial charge in [0.05, 0.1) is 12.3 Å². The maximum absolute atomic E-state index is 5.85. The molecule has 0 radical (unpaired) electrons. The van der Waals surface area contributed by atoms with Crippen molar-refractivity contribution in [1.29, 1.82) is 0 Å². The van der Waals surface area contributed by atoms with Gasteiger partial charge in [-0.05, 0) is 18.7 Å². The summed E-state index contributed by atoms with van der Waals surface area (Å²) >= 11 is 0. The summed E-state index contributed by atoms with van der Waals surface area (Å²) in [5.74, 6) is 0.993. The lowest BCUT2D eigenvalue weighted by Gasteiger charge is -2.37. The number of furan rings is 1. The first kappa shape index (κ1) is 11.6. The fourth-order valence-electron chi connectivity index (χ4n) is 2.32. The van der Waals surface area contributed by atoms with E-state index in [0.717, 1.165) is 38.5 Å². The van der Waals surface area contributed by atoms with E-state index in [4.69, 9.17) is 10.2 Å². The van der Waals surface area contributed by atoms with E-state index in [0.29, 0.717) is 6.54 Å². The van der Waals surface area contributed by atoms with Crippen molar-refractivity contribution < 1.29 is 4.42 Å². The zero-order valence-corrected chi connectivity index (χ0v) is 9.93. The van der Waals surface area contributed by atoms with Crippen LogP contribution in [0.2, 0.25) is 0 Å². The van der Waals surface area contributed by atoms with E-state index in [1.54, 1.807) is 6.26 Å². The van der Waals surface area contributed by atoms with Crippen molar-refractivity contribution >= 4 is 0 Å². The van der Waals surface area contributed by atoms with Gasteiger partial charge in [-0.15, -0.1) is 0 Å². The van der Waals surface area contributed by atoms with Crippen molar-refractivity contribution in [2.75, 3.05) is 39.3 Å². The van der Waals surface area contributed by atoms with E-state index in [2.05, 4.69) is 16.7 Å². The quantitative estimate of drug-likeness (QED) is 0.824. The first-order valence-electron chi connectivity index (χ1n) is 6.05. The van der Waals surface area contributed by atoms with Crippen LogP contribution in [-0.2, 0) is 0 Å². The van der Waals surface area contributed by atoms with Crippen molar-refractivity contribution in [1.82, 2.24) is 9.80 Å². The van der Waals surface area contributed by atoms with Crippen molar-refractivity contribution in [3.05, 3.63) is 24.2 Å². The second-order valence-corrected chi connectivity index (χ2v) is 4.24. The summed E-state index contributed by atoms with van der Waals surface area (Å²) in [4.78, 5) is 4.89. The molecule has 1 aliphatic rings. The number of hydrogen-bond donors (Lipinski definition) is 1. The fourth-order valence-corrected chi connectivity index (χ4v) is 2.32. The second-order valence-electron chi connectivity index (χ2n) is 4.24. The molecule has 0 unspecified atom stereocenters. The molecular formula is C12H21N3O. The Labute approximate surface area is 97.0 Å². The zero-order chi connectivity index (χ0) is 11.4. The number of piperazine rings is 1. The predicted molar refractivity (Wildman–Crippen MR) is 64.2 cm³/mol. The maximum Gasteiger partial charge on any atom is 0.122 e. The molecule has 0 aliphatic carbocycles. The van der Waals surface area contributed by atoms with Crippen LogP contribution in [0.3, 0.4) is 0 Å². The van der Waals surface area contributed by atoms with E-state index >= 15 is 0 Å². The third kappa shape index (κ3) is 2.45. The van der Waals surface area contributed by atoms with Crippen LogP contribution in [0, 0.1) is 0 Å². The molecular weight excluding hydrogens is 202 g/mol. The minimum absolute atomic E-state index is 0.244. The van der Waals surface area contributed by atoms with Gasteiger partial charge in [0.1, 0.15) is 5.76 Å². The second kappa shape index (κ2) is 5.48. The summed E-state index contributed by atoms with van der Waals surface area (Å²) in [6.45, 7) is 8.40. The average molecular weight is 223 g/mol. The summed E-state index contributed by atoms with van der Waals surface area (Å²) in [5, 5.41) is 0. The van der Waals surface area contributed by atoms with Gasteiger partial charge < -0.3 is 15.1 Å². The highest BCUT2D eigenvalue weighted by Crippen LogP contribution is 2.21. The molecule has 0 bridgehead atoms. The zero-order valence-electron chi connectivity index (χ0n) is 9.93. The van der Waals surface area contributed by atoms with E-state index in [9.17, 15) is 0 Å². The molecule has 2 N–H and O–H groups in total. The number of hydrogen-bond acceptors (Lipinski definition) is 4. The summed E-state index contributed by atoms with van der Waals surface area (Å²) < 4.78 is 5.46. The van der Waals surface area contributed by atoms with Crippen LogP contribution in [0.1, 0.15) is 18.7 Å². The molecule has 0 saturated carbocycles. The Bertz CT molecular complexity index is 291. The average Bonchev–Trinajstić information content (AvgIpc) is 2.85. The largest absolute Gasteiger partial charge is 0.468 e. The van der Waals surface area contributed by atoms with Gasteiger partial charge in [0.2, 0.25) is 0 Å². The highest BCUT2D eigenvalue weighted by Gasteiger charge is 2.24. The Morgan fingerprint density at radius 3 is 2.62 bits per heavy atom. The van der Waals surface area contributed by atoms with Crippen LogP contribution in [0.15, 0.2) is 22.8 Å². The van der Waals surface area contributed by atoms with Crippen LogP contribution in [-0.4, -0.2) is 49.1 Å². The van der Waals surface area contributed by atoms with Crippen molar-refractivity contribution in [2.24, 2.45) is 5.73 Å². The molecule has 0 aromatic carbocycles. The minimum Gasteiger partial charge on any atom is -0.468 e. The summed E-state index contributed by atoms with van der Waals surface area (Å²) in [6, 6.07) is 4.19. The van der Waals surface area contributed by atoms with Gasteiger partial charge in [-0.1, -0.05) is 6.92 Å². The molecule has 4 nitrogen and oxygen atoms in total. The van der Waals surface area contributed by atoms with Crippen LogP contribution in [0.5, 0.6) is 0 Å². The molecule has 2 heterocycles. The summed E-state index contributed by atoms with van der Waals surface area (Å²) in [5.41, 5.74) is 5.85. The van der Waals surface area contributed by atoms with E-state index in [-0.39, 0.29) is 6.04 Å². The third-order valence-electron chi connectivity index (χ3n) is 3.39. The molecule has 1 saturated heterocycles. The molecule has 16 heavy (non-hydrogen) atoms. The van der Waals surface area contributed by atoms with Gasteiger partial charge in [-0.2, -0.15) is 0 Å². The Morgan fingerprint density at radius 1 is 1.38 bits per heavy atom. The van der Waals surface area contributed by atoms with Gasteiger partial charge in [0.15, 0.2) is 0 Å². The Balaban J connectivity index is 1.96. The molecule has 1 atom stereocenters. The lowest BCUT2D eigenvalue weighted by Crippen LogP contribution is -2.48. The van der Waals surface area contributed by atoms with Crippen LogP contribution < -0.4 is 5.73 Å². The standard InChI is InChI=1S/C12H21N3O/c1-2-14-5-7-15(8-6-14)11(10-13)12-4-3-9-16-12/h3-4,9,11H,2,5-8,10,13H2,1H3/t11-/m0/s1. The molecule has 0 amide bonds. The first-order chi connectivity index (χ1) is 7.85. The Morgan fingerprint density at radius 2 is 2.12 bits per heavy atom. The fraction of sp³-hybridized carbons (Fsp3) is 0.667. The number of nitrogens with two attached hydrogens (primary N) is 1. The molecule has 90 valence electrons. The summed E-state index contributed by atoms with van der Waals surface area (Å²) in [6.07, 6.45) is 1.72. The van der Waals surface area contributed by atoms with Gasteiger partial charge in [0, 0.05) is 32.7 Å². The highest BCUT2D eigenvalue weighted by atomic mass is 16.3. The monoisotopic (exact) mass is 223 g/mol. The Kier molecular flexibility index (Phi) is 3.98. The summed E-state index contributed by atoms with van der Waals surface area (Å²) in [7, 11) is 0. The SMILES string of the molecule is CCN1CCN([C@@H](CN)c2ccco2)CC1. The lowest BCUT2D eigenvalue weighted by atomic mass is 10.1. The molecule has 1 aromatic rings.